The van der Waals surface area contributed by atoms with Crippen LogP contribution < -0.4 is 15.0 Å². The molecular formula is C20H19ClN2O5. The van der Waals surface area contributed by atoms with Gasteiger partial charge in [0.25, 0.3) is 5.91 Å². The second kappa shape index (κ2) is 8.75. The van der Waals surface area contributed by atoms with E-state index in [1.807, 2.05) is 0 Å². The van der Waals surface area contributed by atoms with Crippen molar-refractivity contribution in [2.75, 3.05) is 30.5 Å². The molecule has 146 valence electrons. The molecule has 28 heavy (non-hydrogen) atoms. The Labute approximate surface area is 167 Å². The molecule has 1 aliphatic rings. The van der Waals surface area contributed by atoms with Crippen LogP contribution in [0.2, 0.25) is 5.02 Å². The SMILES string of the molecule is COc1ccccc1NC(=O)COC(=O)[C@@H]1CC(=O)N(c2cccc(Cl)c2)C1. The zero-order valence-electron chi connectivity index (χ0n) is 15.2. The zero-order chi connectivity index (χ0) is 20.1. The Morgan fingerprint density at radius 3 is 2.75 bits per heavy atom. The number of para-hydroxylation sites is 2. The van der Waals surface area contributed by atoms with E-state index in [1.165, 1.54) is 12.0 Å². The molecule has 1 fully saturated rings. The maximum Gasteiger partial charge on any atom is 0.311 e. The van der Waals surface area contributed by atoms with Crippen LogP contribution >= 0.6 is 11.6 Å². The minimum atomic E-state index is -0.634. The molecule has 2 aromatic rings. The van der Waals surface area contributed by atoms with Crippen molar-refractivity contribution >= 4 is 40.8 Å². The molecule has 3 rings (SSSR count). The van der Waals surface area contributed by atoms with E-state index in [2.05, 4.69) is 5.32 Å². The number of carbonyl (C=O) groups excluding carboxylic acids is 3. The van der Waals surface area contributed by atoms with Gasteiger partial charge in [-0.15, -0.1) is 0 Å². The molecule has 0 saturated carbocycles. The first kappa shape index (κ1) is 19.7. The normalized spacial score (nSPS) is 16.0. The van der Waals surface area contributed by atoms with Crippen molar-refractivity contribution in [2.45, 2.75) is 6.42 Å². The highest BCUT2D eigenvalue weighted by molar-refractivity contribution is 6.31. The number of methoxy groups -OCH3 is 1. The highest BCUT2D eigenvalue weighted by Crippen LogP contribution is 2.28. The zero-order valence-corrected chi connectivity index (χ0v) is 15.9. The third kappa shape index (κ3) is 4.61. The Morgan fingerprint density at radius 2 is 2.00 bits per heavy atom. The van der Waals surface area contributed by atoms with E-state index >= 15 is 0 Å². The van der Waals surface area contributed by atoms with Crippen LogP contribution in [0.1, 0.15) is 6.42 Å². The summed E-state index contributed by atoms with van der Waals surface area (Å²) in [6.45, 7) is -0.259. The van der Waals surface area contributed by atoms with Crippen LogP contribution in [-0.4, -0.2) is 38.0 Å². The van der Waals surface area contributed by atoms with Crippen LogP contribution in [0.15, 0.2) is 48.5 Å². The number of nitrogens with one attached hydrogen (secondary N) is 1. The number of amides is 2. The van der Waals surface area contributed by atoms with E-state index in [9.17, 15) is 14.4 Å². The third-order valence-corrected chi connectivity index (χ3v) is 4.54. The standard InChI is InChI=1S/C20H19ClN2O5/c1-27-17-8-3-2-7-16(17)22-18(24)12-28-20(26)13-9-19(25)23(11-13)15-6-4-5-14(21)10-15/h2-8,10,13H,9,11-12H2,1H3,(H,22,24)/t13-/m1/s1. The number of anilines is 2. The lowest BCUT2D eigenvalue weighted by atomic mass is 10.1. The highest BCUT2D eigenvalue weighted by Gasteiger charge is 2.36. The van der Waals surface area contributed by atoms with Crippen LogP contribution in [0.25, 0.3) is 0 Å². The molecule has 1 saturated heterocycles. The monoisotopic (exact) mass is 402 g/mol. The fourth-order valence-electron chi connectivity index (χ4n) is 2.95. The number of halogens is 1. The van der Waals surface area contributed by atoms with E-state index in [0.29, 0.717) is 22.1 Å². The first-order chi connectivity index (χ1) is 13.5. The molecule has 0 radical (unpaired) electrons. The van der Waals surface area contributed by atoms with Gasteiger partial charge in [-0.2, -0.15) is 0 Å². The number of ether oxygens (including phenoxy) is 2. The molecule has 0 spiro atoms. The Balaban J connectivity index is 1.54. The van der Waals surface area contributed by atoms with Crippen molar-refractivity contribution < 1.29 is 23.9 Å². The molecule has 0 aromatic heterocycles. The summed E-state index contributed by atoms with van der Waals surface area (Å²) >= 11 is 5.96. The molecule has 0 unspecified atom stereocenters. The summed E-state index contributed by atoms with van der Waals surface area (Å²) in [5.41, 5.74) is 1.11. The van der Waals surface area contributed by atoms with Gasteiger partial charge < -0.3 is 19.7 Å². The summed E-state index contributed by atoms with van der Waals surface area (Å²) in [5, 5.41) is 3.13. The summed E-state index contributed by atoms with van der Waals surface area (Å²) in [5.74, 6) is -1.41. The average Bonchev–Trinajstić information content (AvgIpc) is 3.08. The number of nitrogens with zero attached hydrogens (tertiary/aromatic N) is 1. The summed E-state index contributed by atoms with van der Waals surface area (Å²) in [6, 6.07) is 13.8. The summed E-state index contributed by atoms with van der Waals surface area (Å²) in [6.07, 6.45) is 0.0273. The lowest BCUT2D eigenvalue weighted by molar-refractivity contribution is -0.151. The van der Waals surface area contributed by atoms with Gasteiger partial charge in [-0.1, -0.05) is 29.8 Å². The predicted molar refractivity (Wildman–Crippen MR) is 104 cm³/mol. The fourth-order valence-corrected chi connectivity index (χ4v) is 3.13. The minimum absolute atomic E-state index is 0.0273. The van der Waals surface area contributed by atoms with Crippen molar-refractivity contribution in [3.63, 3.8) is 0 Å². The van der Waals surface area contributed by atoms with Gasteiger partial charge in [0.15, 0.2) is 6.61 Å². The molecule has 1 atom stereocenters. The van der Waals surface area contributed by atoms with Gasteiger partial charge in [-0.05, 0) is 30.3 Å². The summed E-state index contributed by atoms with van der Waals surface area (Å²) < 4.78 is 10.2. The van der Waals surface area contributed by atoms with Gasteiger partial charge in [0.05, 0.1) is 18.7 Å². The Morgan fingerprint density at radius 1 is 1.21 bits per heavy atom. The van der Waals surface area contributed by atoms with Gasteiger partial charge in [-0.3, -0.25) is 14.4 Å². The largest absolute Gasteiger partial charge is 0.495 e. The van der Waals surface area contributed by atoms with E-state index in [1.54, 1.807) is 48.5 Å². The third-order valence-electron chi connectivity index (χ3n) is 4.30. The lowest BCUT2D eigenvalue weighted by Gasteiger charge is -2.16. The number of rotatable bonds is 6. The Bertz CT molecular complexity index is 902. The summed E-state index contributed by atoms with van der Waals surface area (Å²) in [4.78, 5) is 38.1. The first-order valence-corrected chi connectivity index (χ1v) is 9.01. The number of esters is 1. The lowest BCUT2D eigenvalue weighted by Crippen LogP contribution is -2.28. The fraction of sp³-hybridized carbons (Fsp3) is 0.250. The summed E-state index contributed by atoms with van der Waals surface area (Å²) in [7, 11) is 1.49. The molecule has 1 aliphatic heterocycles. The van der Waals surface area contributed by atoms with Crippen LogP contribution in [0.4, 0.5) is 11.4 Å². The van der Waals surface area contributed by atoms with Crippen molar-refractivity contribution in [1.29, 1.82) is 0 Å². The van der Waals surface area contributed by atoms with Crippen molar-refractivity contribution in [3.05, 3.63) is 53.6 Å². The van der Waals surface area contributed by atoms with Crippen LogP contribution in [-0.2, 0) is 19.1 Å². The molecule has 1 heterocycles. The smallest absolute Gasteiger partial charge is 0.311 e. The Hall–Kier alpha value is -3.06. The van der Waals surface area contributed by atoms with Crippen molar-refractivity contribution in [1.82, 2.24) is 0 Å². The molecule has 0 aliphatic carbocycles. The van der Waals surface area contributed by atoms with E-state index in [-0.39, 0.29) is 18.9 Å². The second-order valence-electron chi connectivity index (χ2n) is 6.24. The van der Waals surface area contributed by atoms with E-state index in [0.717, 1.165) is 0 Å². The van der Waals surface area contributed by atoms with Gasteiger partial charge in [0.1, 0.15) is 5.75 Å². The maximum absolute atomic E-state index is 12.3. The number of carbonyl (C=O) groups is 3. The van der Waals surface area contributed by atoms with E-state index in [4.69, 9.17) is 21.1 Å². The highest BCUT2D eigenvalue weighted by atomic mass is 35.5. The molecule has 7 nitrogen and oxygen atoms in total. The van der Waals surface area contributed by atoms with Crippen molar-refractivity contribution in [3.8, 4) is 5.75 Å². The molecule has 2 amide bonds. The van der Waals surface area contributed by atoms with Gasteiger partial charge in [0, 0.05) is 23.7 Å². The van der Waals surface area contributed by atoms with Gasteiger partial charge >= 0.3 is 5.97 Å². The maximum atomic E-state index is 12.3. The number of benzene rings is 2. The van der Waals surface area contributed by atoms with Gasteiger partial charge in [0.2, 0.25) is 5.91 Å². The minimum Gasteiger partial charge on any atom is -0.495 e. The van der Waals surface area contributed by atoms with E-state index < -0.39 is 24.4 Å². The second-order valence-corrected chi connectivity index (χ2v) is 6.68. The quantitative estimate of drug-likeness (QED) is 0.751. The molecule has 8 heteroatoms. The molecule has 2 aromatic carbocycles. The van der Waals surface area contributed by atoms with Crippen LogP contribution in [0, 0.1) is 5.92 Å². The first-order valence-electron chi connectivity index (χ1n) is 8.63. The van der Waals surface area contributed by atoms with Crippen LogP contribution in [0.3, 0.4) is 0 Å². The van der Waals surface area contributed by atoms with Crippen molar-refractivity contribution in [2.24, 2.45) is 5.92 Å². The Kier molecular flexibility index (Phi) is 6.16. The van der Waals surface area contributed by atoms with Crippen LogP contribution in [0.5, 0.6) is 5.75 Å². The van der Waals surface area contributed by atoms with Gasteiger partial charge in [-0.25, -0.2) is 0 Å². The topological polar surface area (TPSA) is 84.9 Å². The molecular weight excluding hydrogens is 384 g/mol. The average molecular weight is 403 g/mol. The number of hydrogen-bond acceptors (Lipinski definition) is 5. The predicted octanol–water partition coefficient (Wildman–Crippen LogP) is 2.88. The molecule has 0 bridgehead atoms. The molecule has 1 N–H and O–H groups in total. The number of hydrogen-bond donors (Lipinski definition) is 1.